The van der Waals surface area contributed by atoms with Gasteiger partial charge in [0.05, 0.1) is 12.1 Å². The second-order valence-corrected chi connectivity index (χ2v) is 9.80. The molecule has 26 heavy (non-hydrogen) atoms. The Morgan fingerprint density at radius 1 is 1.35 bits per heavy atom. The summed E-state index contributed by atoms with van der Waals surface area (Å²) in [4.78, 5) is 12.5. The summed E-state index contributed by atoms with van der Waals surface area (Å²) in [7, 11) is 0.617. The third kappa shape index (κ3) is 4.53. The first kappa shape index (κ1) is 21.1. The van der Waals surface area contributed by atoms with Gasteiger partial charge in [-0.1, -0.05) is 19.1 Å². The topological polar surface area (TPSA) is 77.5 Å². The minimum atomic E-state index is -3.48. The monoisotopic (exact) mass is 404 g/mol. The van der Waals surface area contributed by atoms with Crippen LogP contribution in [0.3, 0.4) is 0 Å². The molecule has 0 aromatic heterocycles. The van der Waals surface area contributed by atoms with Crippen molar-refractivity contribution in [3.8, 4) is 11.5 Å². The summed E-state index contributed by atoms with van der Waals surface area (Å²) in [6, 6.07) is 5.46. The predicted octanol–water partition coefficient (Wildman–Crippen LogP) is 4.12. The average molecular weight is 404 g/mol. The average Bonchev–Trinajstić information content (AvgIpc) is 2.93. The third-order valence-corrected chi connectivity index (χ3v) is 7.14. The molecule has 8 nitrogen and oxygen atoms in total. The largest absolute Gasteiger partial charge is 0.483 e. The van der Waals surface area contributed by atoms with E-state index in [-0.39, 0.29) is 5.60 Å². The van der Waals surface area contributed by atoms with Gasteiger partial charge in [-0.15, -0.1) is 4.08 Å². The highest BCUT2D eigenvalue weighted by molar-refractivity contribution is 7.99. The Balaban J connectivity index is 2.09. The Morgan fingerprint density at radius 3 is 2.58 bits per heavy atom. The van der Waals surface area contributed by atoms with Crippen molar-refractivity contribution in [2.24, 2.45) is 0 Å². The number of hydrogen-bond donors (Lipinski definition) is 0. The van der Waals surface area contributed by atoms with E-state index in [0.29, 0.717) is 18.0 Å². The van der Waals surface area contributed by atoms with Gasteiger partial charge in [0.1, 0.15) is 5.60 Å². The predicted molar refractivity (Wildman–Crippen MR) is 100 cm³/mol. The van der Waals surface area contributed by atoms with Crippen molar-refractivity contribution in [3.63, 3.8) is 0 Å². The van der Waals surface area contributed by atoms with Crippen LogP contribution in [-0.4, -0.2) is 47.9 Å². The lowest BCUT2D eigenvalue weighted by atomic mass is 10.0. The number of ether oxygens (including phenoxy) is 2. The molecule has 2 rings (SSSR count). The van der Waals surface area contributed by atoms with Gasteiger partial charge < -0.3 is 9.47 Å². The number of hydrogen-bond acceptors (Lipinski definition) is 7. The van der Waals surface area contributed by atoms with Crippen LogP contribution in [0, 0.1) is 0 Å². The number of para-hydroxylation sites is 1. The summed E-state index contributed by atoms with van der Waals surface area (Å²) in [6.45, 7) is 6.07. The SMILES string of the molecule is CCN(SN(C)C(=O)Oc1cccc2c1OC(C)(C)C2)P(=O)(OC)OC. The lowest BCUT2D eigenvalue weighted by molar-refractivity contribution is 0.131. The Morgan fingerprint density at radius 2 is 2.00 bits per heavy atom. The second kappa shape index (κ2) is 8.19. The maximum absolute atomic E-state index is 12.5. The number of rotatable bonds is 7. The zero-order chi connectivity index (χ0) is 19.5. The molecule has 1 aromatic rings. The van der Waals surface area contributed by atoms with Crippen LogP contribution >= 0.6 is 19.9 Å². The van der Waals surface area contributed by atoms with Crippen LogP contribution in [0.2, 0.25) is 0 Å². The molecule has 146 valence electrons. The van der Waals surface area contributed by atoms with E-state index in [1.165, 1.54) is 29.6 Å². The first-order valence-corrected chi connectivity index (χ1v) is 10.3. The van der Waals surface area contributed by atoms with Crippen LogP contribution in [0.5, 0.6) is 11.5 Å². The molecule has 1 aliphatic heterocycles. The van der Waals surface area contributed by atoms with Crippen molar-refractivity contribution < 1.29 is 27.9 Å². The van der Waals surface area contributed by atoms with Crippen molar-refractivity contribution >= 4 is 26.0 Å². The van der Waals surface area contributed by atoms with Crippen molar-refractivity contribution in [2.75, 3.05) is 27.8 Å². The first-order valence-electron chi connectivity index (χ1n) is 8.10. The van der Waals surface area contributed by atoms with E-state index in [1.807, 2.05) is 26.0 Å². The summed E-state index contributed by atoms with van der Waals surface area (Å²) in [6.07, 6.45) is 0.112. The molecule has 0 bridgehead atoms. The van der Waals surface area contributed by atoms with Crippen LogP contribution in [0.4, 0.5) is 4.79 Å². The molecule has 0 saturated heterocycles. The van der Waals surface area contributed by atoms with Gasteiger partial charge in [0.25, 0.3) is 0 Å². The van der Waals surface area contributed by atoms with Gasteiger partial charge in [0, 0.05) is 39.8 Å². The van der Waals surface area contributed by atoms with Crippen molar-refractivity contribution in [1.29, 1.82) is 0 Å². The molecule has 1 heterocycles. The molecule has 1 amide bonds. The van der Waals surface area contributed by atoms with E-state index in [0.717, 1.165) is 24.1 Å². The standard InChI is InChI=1S/C16H25N2O6PS/c1-7-18(25(20,21-5)22-6)26-17(4)15(19)23-13-10-8-9-12-11-16(2,3)24-14(12)13/h8-10H,7,11H2,1-6H3. The van der Waals surface area contributed by atoms with Crippen LogP contribution in [0.25, 0.3) is 0 Å². The number of carbonyl (C=O) groups excluding carboxylic acids is 1. The highest BCUT2D eigenvalue weighted by atomic mass is 32.2. The zero-order valence-electron chi connectivity index (χ0n) is 15.8. The van der Waals surface area contributed by atoms with Gasteiger partial charge in [-0.25, -0.2) is 13.7 Å². The van der Waals surface area contributed by atoms with Gasteiger partial charge in [-0.2, -0.15) is 0 Å². The van der Waals surface area contributed by atoms with Crippen LogP contribution < -0.4 is 9.47 Å². The smallest absolute Gasteiger partial charge is 0.426 e. The fourth-order valence-corrected chi connectivity index (χ4v) is 4.98. The fourth-order valence-electron chi connectivity index (χ4n) is 2.53. The molecule has 0 spiro atoms. The Labute approximate surface area is 158 Å². The second-order valence-electron chi connectivity index (χ2n) is 6.23. The highest BCUT2D eigenvalue weighted by Gasteiger charge is 2.35. The number of nitrogens with zero attached hydrogens (tertiary/aromatic N) is 2. The molecule has 10 heteroatoms. The van der Waals surface area contributed by atoms with E-state index < -0.39 is 13.8 Å². The van der Waals surface area contributed by atoms with Crippen LogP contribution in [0.15, 0.2) is 18.2 Å². The van der Waals surface area contributed by atoms with Crippen molar-refractivity contribution in [3.05, 3.63) is 23.8 Å². The normalized spacial score (nSPS) is 15.5. The van der Waals surface area contributed by atoms with E-state index in [9.17, 15) is 9.36 Å². The van der Waals surface area contributed by atoms with E-state index in [2.05, 4.69) is 0 Å². The fraction of sp³-hybridized carbons (Fsp3) is 0.562. The maximum atomic E-state index is 12.5. The number of amides is 1. The summed E-state index contributed by atoms with van der Waals surface area (Å²) in [5.74, 6) is 0.936. The van der Waals surface area contributed by atoms with E-state index in [1.54, 1.807) is 13.0 Å². The molecule has 1 aromatic carbocycles. The molecule has 1 aliphatic rings. The number of fused-ring (bicyclic) bond motifs is 1. The molecular weight excluding hydrogens is 379 g/mol. The van der Waals surface area contributed by atoms with Gasteiger partial charge in [-0.3, -0.25) is 9.05 Å². The molecule has 0 atom stereocenters. The van der Waals surface area contributed by atoms with E-state index >= 15 is 0 Å². The summed E-state index contributed by atoms with van der Waals surface area (Å²) in [5.41, 5.74) is 0.655. The maximum Gasteiger partial charge on any atom is 0.426 e. The van der Waals surface area contributed by atoms with Crippen molar-refractivity contribution in [2.45, 2.75) is 32.8 Å². The van der Waals surface area contributed by atoms with Gasteiger partial charge in [0.2, 0.25) is 0 Å². The van der Waals surface area contributed by atoms with Crippen LogP contribution in [0.1, 0.15) is 26.3 Å². The van der Waals surface area contributed by atoms with Gasteiger partial charge >= 0.3 is 13.8 Å². The Bertz CT molecular complexity index is 706. The van der Waals surface area contributed by atoms with Gasteiger partial charge in [-0.05, 0) is 19.9 Å². The summed E-state index contributed by atoms with van der Waals surface area (Å²) in [5, 5.41) is 0. The quantitative estimate of drug-likeness (QED) is 0.496. The number of carbonyl (C=O) groups is 1. The Hall–Kier alpha value is -1.25. The highest BCUT2D eigenvalue weighted by Crippen LogP contribution is 2.54. The molecule has 0 unspecified atom stereocenters. The molecule has 0 saturated carbocycles. The minimum Gasteiger partial charge on any atom is -0.483 e. The first-order chi connectivity index (χ1) is 12.2. The van der Waals surface area contributed by atoms with Gasteiger partial charge in [0.15, 0.2) is 11.5 Å². The molecule has 0 aliphatic carbocycles. The molecule has 0 N–H and O–H groups in total. The third-order valence-electron chi connectivity index (χ3n) is 3.73. The lowest BCUT2D eigenvalue weighted by Crippen LogP contribution is -2.29. The lowest BCUT2D eigenvalue weighted by Gasteiger charge is -2.28. The zero-order valence-corrected chi connectivity index (χ0v) is 17.6. The van der Waals surface area contributed by atoms with Crippen molar-refractivity contribution in [1.82, 2.24) is 8.38 Å². The Kier molecular flexibility index (Phi) is 6.63. The summed E-state index contributed by atoms with van der Waals surface area (Å²) >= 11 is 0.899. The minimum absolute atomic E-state index is 0.333. The summed E-state index contributed by atoms with van der Waals surface area (Å²) < 4.78 is 36.4. The molecular formula is C16H25N2O6PS. The van der Waals surface area contributed by atoms with Crippen LogP contribution in [-0.2, 0) is 20.0 Å². The van der Waals surface area contributed by atoms with E-state index in [4.69, 9.17) is 18.5 Å². The number of benzene rings is 1. The molecule has 0 fully saturated rings. The molecule has 0 radical (unpaired) electrons.